The highest BCUT2D eigenvalue weighted by molar-refractivity contribution is 6.03. The minimum absolute atomic E-state index is 0.0673. The van der Waals surface area contributed by atoms with E-state index in [0.717, 1.165) is 11.3 Å². The fourth-order valence-electron chi connectivity index (χ4n) is 3.17. The van der Waals surface area contributed by atoms with E-state index in [1.165, 1.54) is 0 Å². The number of carbonyl (C=O) groups is 3. The van der Waals surface area contributed by atoms with Crippen LogP contribution in [0.3, 0.4) is 0 Å². The lowest BCUT2D eigenvalue weighted by molar-refractivity contribution is -0.122. The summed E-state index contributed by atoms with van der Waals surface area (Å²) in [7, 11) is 0. The molecule has 0 bridgehead atoms. The molecule has 158 valence electrons. The van der Waals surface area contributed by atoms with E-state index in [1.54, 1.807) is 29.2 Å². The number of nitrogens with zero attached hydrogens (tertiary/aromatic N) is 1. The normalized spacial score (nSPS) is 15.9. The van der Waals surface area contributed by atoms with Crippen molar-refractivity contribution in [2.24, 2.45) is 11.8 Å². The summed E-state index contributed by atoms with van der Waals surface area (Å²) >= 11 is 0. The third-order valence-electron chi connectivity index (χ3n) is 4.77. The summed E-state index contributed by atoms with van der Waals surface area (Å²) in [5.74, 6) is -0.485. The molecule has 1 heterocycles. The maximum Gasteiger partial charge on any atom is 0.411 e. The van der Waals surface area contributed by atoms with Crippen molar-refractivity contribution in [1.82, 2.24) is 0 Å². The van der Waals surface area contributed by atoms with Crippen LogP contribution < -0.4 is 15.5 Å². The van der Waals surface area contributed by atoms with Gasteiger partial charge in [-0.1, -0.05) is 37.6 Å². The van der Waals surface area contributed by atoms with E-state index >= 15 is 0 Å². The average molecular weight is 409 g/mol. The topological polar surface area (TPSA) is 87.7 Å². The summed E-state index contributed by atoms with van der Waals surface area (Å²) in [5, 5.41) is 5.49. The highest BCUT2D eigenvalue weighted by Gasteiger charge is 2.35. The van der Waals surface area contributed by atoms with Gasteiger partial charge in [0.2, 0.25) is 11.8 Å². The number of amides is 3. The monoisotopic (exact) mass is 409 g/mol. The zero-order valence-corrected chi connectivity index (χ0v) is 17.5. The first-order chi connectivity index (χ1) is 14.3. The maximum atomic E-state index is 12.7. The molecule has 30 heavy (non-hydrogen) atoms. The minimum atomic E-state index is -0.540. The minimum Gasteiger partial charge on any atom is -0.449 e. The first-order valence-corrected chi connectivity index (χ1v) is 10.0. The Morgan fingerprint density at radius 1 is 1.10 bits per heavy atom. The van der Waals surface area contributed by atoms with Crippen molar-refractivity contribution < 1.29 is 19.1 Å². The van der Waals surface area contributed by atoms with Gasteiger partial charge in [-0.15, -0.1) is 0 Å². The van der Waals surface area contributed by atoms with Crippen molar-refractivity contribution in [2.45, 2.75) is 27.2 Å². The molecule has 1 saturated heterocycles. The number of benzene rings is 2. The maximum absolute atomic E-state index is 12.7. The van der Waals surface area contributed by atoms with Crippen LogP contribution in [0.15, 0.2) is 48.5 Å². The van der Waals surface area contributed by atoms with Crippen molar-refractivity contribution in [3.63, 3.8) is 0 Å². The van der Waals surface area contributed by atoms with Crippen molar-refractivity contribution in [1.29, 1.82) is 0 Å². The van der Waals surface area contributed by atoms with Gasteiger partial charge < -0.3 is 15.0 Å². The molecule has 3 amide bonds. The van der Waals surface area contributed by atoms with Crippen molar-refractivity contribution in [3.05, 3.63) is 54.1 Å². The van der Waals surface area contributed by atoms with Gasteiger partial charge in [-0.25, -0.2) is 4.79 Å². The van der Waals surface area contributed by atoms with Gasteiger partial charge in [0.1, 0.15) is 0 Å². The van der Waals surface area contributed by atoms with Gasteiger partial charge in [-0.3, -0.25) is 14.9 Å². The molecule has 0 aromatic heterocycles. The Bertz CT molecular complexity index is 924. The average Bonchev–Trinajstić information content (AvgIpc) is 3.09. The van der Waals surface area contributed by atoms with Crippen LogP contribution in [0.25, 0.3) is 0 Å². The zero-order valence-electron chi connectivity index (χ0n) is 17.5. The number of hydrogen-bond donors (Lipinski definition) is 2. The van der Waals surface area contributed by atoms with Crippen LogP contribution in [-0.4, -0.2) is 31.1 Å². The molecule has 2 aromatic rings. The third kappa shape index (κ3) is 5.59. The van der Waals surface area contributed by atoms with Crippen LogP contribution >= 0.6 is 0 Å². The largest absolute Gasteiger partial charge is 0.449 e. The Kier molecular flexibility index (Phi) is 6.72. The van der Waals surface area contributed by atoms with Gasteiger partial charge in [0.05, 0.1) is 12.5 Å². The Morgan fingerprint density at radius 3 is 2.43 bits per heavy atom. The molecule has 0 radical (unpaired) electrons. The highest BCUT2D eigenvalue weighted by atomic mass is 16.5. The number of anilines is 3. The second kappa shape index (κ2) is 9.43. The molecular formula is C23H27N3O4. The lowest BCUT2D eigenvalue weighted by Gasteiger charge is -2.17. The lowest BCUT2D eigenvalue weighted by Crippen LogP contribution is -2.28. The number of carbonyl (C=O) groups excluding carboxylic acids is 3. The molecule has 0 saturated carbocycles. The summed E-state index contributed by atoms with van der Waals surface area (Å²) < 4.78 is 5.10. The Labute approximate surface area is 176 Å². The van der Waals surface area contributed by atoms with Crippen molar-refractivity contribution >= 4 is 35.0 Å². The van der Waals surface area contributed by atoms with E-state index in [-0.39, 0.29) is 24.2 Å². The van der Waals surface area contributed by atoms with E-state index in [9.17, 15) is 14.4 Å². The van der Waals surface area contributed by atoms with Gasteiger partial charge in [0.15, 0.2) is 0 Å². The summed E-state index contributed by atoms with van der Waals surface area (Å²) in [5.41, 5.74) is 2.97. The second-order valence-electron chi connectivity index (χ2n) is 7.93. The number of hydrogen-bond acceptors (Lipinski definition) is 4. The highest BCUT2D eigenvalue weighted by Crippen LogP contribution is 2.26. The lowest BCUT2D eigenvalue weighted by atomic mass is 10.1. The van der Waals surface area contributed by atoms with E-state index in [1.807, 2.05) is 45.0 Å². The smallest absolute Gasteiger partial charge is 0.411 e. The van der Waals surface area contributed by atoms with Gasteiger partial charge in [-0.2, -0.15) is 0 Å². The molecular weight excluding hydrogens is 382 g/mol. The standard InChI is InChI=1S/C23H27N3O4/c1-15(2)14-30-23(29)25-19-6-4-5-18(12-19)24-22(28)17-11-21(27)26(13-17)20-9-7-16(3)8-10-20/h4-10,12,15,17H,11,13-14H2,1-3H3,(H,24,28)(H,25,29). The first-order valence-electron chi connectivity index (χ1n) is 10.0. The zero-order chi connectivity index (χ0) is 21.7. The first kappa shape index (κ1) is 21.4. The molecule has 0 aliphatic carbocycles. The van der Waals surface area contributed by atoms with Gasteiger partial charge >= 0.3 is 6.09 Å². The molecule has 0 spiro atoms. The van der Waals surface area contributed by atoms with Crippen LogP contribution in [0.1, 0.15) is 25.8 Å². The van der Waals surface area contributed by atoms with Crippen LogP contribution in [0.5, 0.6) is 0 Å². The van der Waals surface area contributed by atoms with Crippen LogP contribution in [0.2, 0.25) is 0 Å². The molecule has 3 rings (SSSR count). The van der Waals surface area contributed by atoms with E-state index in [4.69, 9.17) is 4.74 Å². The third-order valence-corrected chi connectivity index (χ3v) is 4.77. The van der Waals surface area contributed by atoms with Gasteiger partial charge in [0.25, 0.3) is 0 Å². The Morgan fingerprint density at radius 2 is 1.77 bits per heavy atom. The summed E-state index contributed by atoms with van der Waals surface area (Å²) in [6, 6.07) is 14.5. The Hall–Kier alpha value is -3.35. The fraction of sp³-hybridized carbons (Fsp3) is 0.348. The molecule has 7 nitrogen and oxygen atoms in total. The summed E-state index contributed by atoms with van der Waals surface area (Å²) in [6.07, 6.45) is -0.374. The van der Waals surface area contributed by atoms with E-state index in [2.05, 4.69) is 10.6 Å². The number of aryl methyl sites for hydroxylation is 1. The van der Waals surface area contributed by atoms with Crippen LogP contribution in [-0.2, 0) is 14.3 Å². The van der Waals surface area contributed by atoms with Gasteiger partial charge in [0, 0.05) is 30.0 Å². The van der Waals surface area contributed by atoms with E-state index < -0.39 is 12.0 Å². The quantitative estimate of drug-likeness (QED) is 0.749. The number of nitrogens with one attached hydrogen (secondary N) is 2. The molecule has 2 N–H and O–H groups in total. The summed E-state index contributed by atoms with van der Waals surface area (Å²) in [6.45, 7) is 6.57. The van der Waals surface area contributed by atoms with Crippen molar-refractivity contribution in [2.75, 3.05) is 28.7 Å². The molecule has 1 atom stereocenters. The van der Waals surface area contributed by atoms with Crippen molar-refractivity contribution in [3.8, 4) is 0 Å². The Balaban J connectivity index is 1.59. The molecule has 1 aliphatic rings. The predicted octanol–water partition coefficient (Wildman–Crippen LogP) is 4.19. The predicted molar refractivity (Wildman–Crippen MR) is 117 cm³/mol. The van der Waals surface area contributed by atoms with E-state index in [0.29, 0.717) is 24.5 Å². The van der Waals surface area contributed by atoms with Gasteiger partial charge in [-0.05, 0) is 43.2 Å². The molecule has 1 fully saturated rings. The van der Waals surface area contributed by atoms with Crippen LogP contribution in [0, 0.1) is 18.8 Å². The number of ether oxygens (including phenoxy) is 1. The number of rotatable bonds is 6. The van der Waals surface area contributed by atoms with Crippen LogP contribution in [0.4, 0.5) is 21.9 Å². The SMILES string of the molecule is Cc1ccc(N2CC(C(=O)Nc3cccc(NC(=O)OCC(C)C)c3)CC2=O)cc1. The second-order valence-corrected chi connectivity index (χ2v) is 7.93. The fourth-order valence-corrected chi connectivity index (χ4v) is 3.17. The molecule has 2 aromatic carbocycles. The molecule has 1 unspecified atom stereocenters. The summed E-state index contributed by atoms with van der Waals surface area (Å²) in [4.78, 5) is 38.6. The molecule has 1 aliphatic heterocycles. The molecule has 7 heteroatoms.